The maximum atomic E-state index is 6.15. The molecular weight excluding hydrogens is 248 g/mol. The molecule has 1 heterocycles. The Morgan fingerprint density at radius 1 is 1.10 bits per heavy atom. The zero-order valence-electron chi connectivity index (χ0n) is 12.8. The van der Waals surface area contributed by atoms with E-state index in [1.807, 2.05) is 5.12 Å². The molecule has 0 saturated heterocycles. The molecule has 0 fully saturated rings. The number of hydrogen-bond donors (Lipinski definition) is 2. The summed E-state index contributed by atoms with van der Waals surface area (Å²) in [5.74, 6) is 6.15. The molecule has 0 amide bonds. The first-order valence-corrected chi connectivity index (χ1v) is 7.51. The topological polar surface area (TPSA) is 44.5 Å². The van der Waals surface area contributed by atoms with Gasteiger partial charge in [0.1, 0.15) is 0 Å². The standard InChI is InChI=1S/C16H26N4/c1-4-5-6-9-12-19-18-16(14(3)20(19)17)15-11-8-7-10-13(15)2/h7-8,10-11,18H,4-6,9,12,17H2,1-3H3. The van der Waals surface area contributed by atoms with Gasteiger partial charge in [0, 0.05) is 12.1 Å². The quantitative estimate of drug-likeness (QED) is 0.618. The van der Waals surface area contributed by atoms with Crippen molar-refractivity contribution in [3.8, 4) is 0 Å². The van der Waals surface area contributed by atoms with Gasteiger partial charge < -0.3 is 0 Å². The van der Waals surface area contributed by atoms with E-state index in [9.17, 15) is 0 Å². The smallest absolute Gasteiger partial charge is 0.0803 e. The zero-order chi connectivity index (χ0) is 14.5. The molecule has 0 radical (unpaired) electrons. The van der Waals surface area contributed by atoms with Gasteiger partial charge >= 0.3 is 0 Å². The molecule has 0 unspecified atom stereocenters. The Labute approximate surface area is 122 Å². The van der Waals surface area contributed by atoms with Gasteiger partial charge in [0.15, 0.2) is 0 Å². The highest BCUT2D eigenvalue weighted by molar-refractivity contribution is 5.69. The lowest BCUT2D eigenvalue weighted by atomic mass is 10.1. The molecule has 1 aliphatic heterocycles. The normalized spacial score (nSPS) is 15.9. The van der Waals surface area contributed by atoms with E-state index < -0.39 is 0 Å². The number of nitrogens with zero attached hydrogens (tertiary/aromatic N) is 2. The van der Waals surface area contributed by atoms with E-state index >= 15 is 0 Å². The monoisotopic (exact) mass is 274 g/mol. The molecule has 0 aliphatic carbocycles. The van der Waals surface area contributed by atoms with Crippen molar-refractivity contribution in [2.75, 3.05) is 6.54 Å². The molecule has 0 saturated carbocycles. The van der Waals surface area contributed by atoms with E-state index in [-0.39, 0.29) is 0 Å². The molecule has 20 heavy (non-hydrogen) atoms. The van der Waals surface area contributed by atoms with E-state index in [4.69, 9.17) is 5.84 Å². The van der Waals surface area contributed by atoms with E-state index in [0.717, 1.165) is 24.4 Å². The van der Waals surface area contributed by atoms with Crippen LogP contribution in [-0.4, -0.2) is 16.8 Å². The molecule has 4 heteroatoms. The molecule has 1 aromatic rings. The Morgan fingerprint density at radius 3 is 2.55 bits per heavy atom. The molecule has 1 aliphatic rings. The summed E-state index contributed by atoms with van der Waals surface area (Å²) >= 11 is 0. The van der Waals surface area contributed by atoms with Crippen LogP contribution in [0.3, 0.4) is 0 Å². The SMILES string of the molecule is CCCCCCN1NC(c2ccccc2C)=C(C)N1N. The third-order valence-electron chi connectivity index (χ3n) is 3.84. The van der Waals surface area contributed by atoms with Gasteiger partial charge in [0.25, 0.3) is 0 Å². The lowest BCUT2D eigenvalue weighted by Crippen LogP contribution is -2.47. The average molecular weight is 274 g/mol. The predicted molar refractivity (Wildman–Crippen MR) is 83.8 cm³/mol. The minimum absolute atomic E-state index is 0.934. The fourth-order valence-electron chi connectivity index (χ4n) is 2.52. The predicted octanol–water partition coefficient (Wildman–Crippen LogP) is 3.17. The number of unbranched alkanes of at least 4 members (excludes halogenated alkanes) is 3. The van der Waals surface area contributed by atoms with Gasteiger partial charge in [-0.15, -0.1) is 5.12 Å². The van der Waals surface area contributed by atoms with Gasteiger partial charge in [0.2, 0.25) is 0 Å². The van der Waals surface area contributed by atoms with Gasteiger partial charge in [-0.2, -0.15) is 0 Å². The number of nitrogens with one attached hydrogen (secondary N) is 1. The van der Waals surface area contributed by atoms with E-state index in [1.165, 1.54) is 30.4 Å². The van der Waals surface area contributed by atoms with Crippen molar-refractivity contribution in [2.45, 2.75) is 46.5 Å². The summed E-state index contributed by atoms with van der Waals surface area (Å²) in [5.41, 5.74) is 8.09. The highest BCUT2D eigenvalue weighted by Crippen LogP contribution is 2.26. The van der Waals surface area contributed by atoms with Crippen LogP contribution in [-0.2, 0) is 0 Å². The number of rotatable bonds is 6. The van der Waals surface area contributed by atoms with Crippen LogP contribution in [0.15, 0.2) is 30.0 Å². The van der Waals surface area contributed by atoms with Crippen LogP contribution in [0.25, 0.3) is 5.70 Å². The molecule has 2 rings (SSSR count). The minimum Gasteiger partial charge on any atom is -0.298 e. The summed E-state index contributed by atoms with van der Waals surface area (Å²) in [5, 5.41) is 3.74. The van der Waals surface area contributed by atoms with E-state index in [2.05, 4.69) is 50.5 Å². The lowest BCUT2D eigenvalue weighted by Gasteiger charge is -2.25. The number of benzene rings is 1. The van der Waals surface area contributed by atoms with Crippen LogP contribution in [0, 0.1) is 6.92 Å². The molecule has 0 atom stereocenters. The highest BCUT2D eigenvalue weighted by atomic mass is 15.9. The number of hydrogen-bond acceptors (Lipinski definition) is 4. The van der Waals surface area contributed by atoms with Crippen LogP contribution < -0.4 is 11.3 Å². The zero-order valence-corrected chi connectivity index (χ0v) is 12.8. The van der Waals surface area contributed by atoms with E-state index in [1.54, 1.807) is 5.12 Å². The fourth-order valence-corrected chi connectivity index (χ4v) is 2.52. The molecule has 4 nitrogen and oxygen atoms in total. The van der Waals surface area contributed by atoms with Gasteiger partial charge in [-0.3, -0.25) is 5.43 Å². The summed E-state index contributed by atoms with van der Waals surface area (Å²) < 4.78 is 0. The first-order valence-electron chi connectivity index (χ1n) is 7.51. The van der Waals surface area contributed by atoms with E-state index in [0.29, 0.717) is 0 Å². The van der Waals surface area contributed by atoms with Gasteiger partial charge in [-0.1, -0.05) is 50.5 Å². The summed E-state index contributed by atoms with van der Waals surface area (Å²) in [6.07, 6.45) is 4.95. The Morgan fingerprint density at radius 2 is 1.85 bits per heavy atom. The van der Waals surface area contributed by atoms with Crippen molar-refractivity contribution in [3.05, 3.63) is 41.1 Å². The number of nitrogens with two attached hydrogens (primary N) is 1. The van der Waals surface area contributed by atoms with Crippen molar-refractivity contribution < 1.29 is 0 Å². The molecule has 1 aromatic carbocycles. The Balaban J connectivity index is 2.03. The number of hydrazine groups is 3. The van der Waals surface area contributed by atoms with Gasteiger partial charge in [-0.05, 0) is 25.8 Å². The van der Waals surface area contributed by atoms with Crippen molar-refractivity contribution in [1.82, 2.24) is 15.7 Å². The second-order valence-electron chi connectivity index (χ2n) is 5.42. The maximum absolute atomic E-state index is 6.15. The first-order chi connectivity index (χ1) is 9.65. The Hall–Kier alpha value is -1.52. The molecule has 0 aromatic heterocycles. The maximum Gasteiger partial charge on any atom is 0.0803 e. The van der Waals surface area contributed by atoms with Crippen LogP contribution in [0.5, 0.6) is 0 Å². The fraction of sp³-hybridized carbons (Fsp3) is 0.500. The second kappa shape index (κ2) is 6.77. The summed E-state index contributed by atoms with van der Waals surface area (Å²) in [6, 6.07) is 8.39. The Kier molecular flexibility index (Phi) is 5.04. The van der Waals surface area contributed by atoms with Crippen molar-refractivity contribution in [1.29, 1.82) is 0 Å². The van der Waals surface area contributed by atoms with Gasteiger partial charge in [0.05, 0.1) is 11.4 Å². The first kappa shape index (κ1) is 14.9. The van der Waals surface area contributed by atoms with Crippen LogP contribution in [0.1, 0.15) is 50.7 Å². The summed E-state index contributed by atoms with van der Waals surface area (Å²) in [7, 11) is 0. The van der Waals surface area contributed by atoms with Crippen LogP contribution >= 0.6 is 0 Å². The highest BCUT2D eigenvalue weighted by Gasteiger charge is 2.25. The van der Waals surface area contributed by atoms with Crippen LogP contribution in [0.4, 0.5) is 0 Å². The number of aryl methyl sites for hydroxylation is 1. The summed E-state index contributed by atoms with van der Waals surface area (Å²) in [6.45, 7) is 7.34. The average Bonchev–Trinajstić information content (AvgIpc) is 2.72. The molecule has 110 valence electrons. The third kappa shape index (κ3) is 3.14. The van der Waals surface area contributed by atoms with Crippen molar-refractivity contribution in [2.24, 2.45) is 5.84 Å². The molecule has 3 N–H and O–H groups in total. The summed E-state index contributed by atoms with van der Waals surface area (Å²) in [4.78, 5) is 0. The van der Waals surface area contributed by atoms with Gasteiger partial charge in [-0.25, -0.2) is 11.0 Å². The Bertz CT molecular complexity index is 481. The molecule has 0 bridgehead atoms. The lowest BCUT2D eigenvalue weighted by molar-refractivity contribution is -0.00402. The van der Waals surface area contributed by atoms with Crippen molar-refractivity contribution in [3.63, 3.8) is 0 Å². The minimum atomic E-state index is 0.934. The van der Waals surface area contributed by atoms with Crippen LogP contribution in [0.2, 0.25) is 0 Å². The number of allylic oxidation sites excluding steroid dienone is 1. The van der Waals surface area contributed by atoms with Crippen molar-refractivity contribution >= 4 is 5.70 Å². The molecule has 0 spiro atoms. The third-order valence-corrected chi connectivity index (χ3v) is 3.84. The largest absolute Gasteiger partial charge is 0.298 e. The second-order valence-corrected chi connectivity index (χ2v) is 5.42. The molecular formula is C16H26N4.